The van der Waals surface area contributed by atoms with Gasteiger partial charge in [0, 0.05) is 38.8 Å². The number of hydrogen-bond acceptors (Lipinski definition) is 2. The average molecular weight is 1670 g/mol. The van der Waals surface area contributed by atoms with E-state index in [2.05, 4.69) is 487 Å². The normalized spacial score (nSPS) is 12.3. The molecular formula is C129H90O2. The van der Waals surface area contributed by atoms with Crippen LogP contribution < -0.4 is 0 Å². The lowest BCUT2D eigenvalue weighted by molar-refractivity contribution is 0.659. The van der Waals surface area contributed by atoms with Gasteiger partial charge in [-0.1, -0.05) is 463 Å². The van der Waals surface area contributed by atoms with Gasteiger partial charge in [0.25, 0.3) is 0 Å². The van der Waals surface area contributed by atoms with E-state index in [0.29, 0.717) is 0 Å². The lowest BCUT2D eigenvalue weighted by Crippen LogP contribution is -2.16. The van der Waals surface area contributed by atoms with Gasteiger partial charge in [-0.15, -0.1) is 0 Å². The molecule has 0 spiro atoms. The maximum atomic E-state index is 6.14. The van der Waals surface area contributed by atoms with Gasteiger partial charge in [-0.25, -0.2) is 0 Å². The van der Waals surface area contributed by atoms with Crippen molar-refractivity contribution in [3.05, 3.63) is 542 Å². The van der Waals surface area contributed by atoms with Crippen molar-refractivity contribution in [3.63, 3.8) is 0 Å². The van der Waals surface area contributed by atoms with Gasteiger partial charge in [-0.3, -0.25) is 0 Å². The van der Waals surface area contributed by atoms with Gasteiger partial charge >= 0.3 is 0 Å². The summed E-state index contributed by atoms with van der Waals surface area (Å²) < 4.78 is 12.2. The Morgan fingerprint density at radius 1 is 0.153 bits per heavy atom. The number of rotatable bonds is 17. The van der Waals surface area contributed by atoms with Crippen LogP contribution >= 0.6 is 0 Å². The second-order valence-corrected chi connectivity index (χ2v) is 35.3. The minimum atomic E-state index is -0.188. The molecule has 0 saturated heterocycles. The standard InChI is InChI=1S/C68H48O.C61H42O/c1-68(2)63-42-56(54-32-29-45-13-6-7-14-52(45)39-54)33-36-59(63)60-37-34-58(43-64(60)68)67(51-30-27-48(28-31-51)47-21-19-46(20-22-47)44-11-4-3-5-12-44)57-16-10-15-53(40-57)49-23-25-50(26-24-49)55-35-38-66-62(41-55)61-17-8-9-18-65(61)69-66;1-3-10-42(11-4-1)44-18-22-46(23-19-44)48-30-34-52(35-31-48)61(53-36-32-49(33-37-53)47-24-20-45(21-25-47)43-12-5-2-6-13-43)56-15-9-14-54(40-56)50-26-28-51(29-27-50)55-38-39-60-58(41-55)57-16-7-8-17-59(57)62-60/h3-43,67H,1-2H3;1-41,61H. The molecule has 1 aliphatic rings. The van der Waals surface area contributed by atoms with E-state index >= 15 is 0 Å². The number of para-hydroxylation sites is 2. The summed E-state index contributed by atoms with van der Waals surface area (Å²) in [4.78, 5) is 0. The Labute approximate surface area is 764 Å². The molecule has 0 saturated carbocycles. The fourth-order valence-corrected chi connectivity index (χ4v) is 20.0. The lowest BCUT2D eigenvalue weighted by Gasteiger charge is -2.25. The Morgan fingerprint density at radius 2 is 0.397 bits per heavy atom. The van der Waals surface area contributed by atoms with E-state index < -0.39 is 0 Å². The molecule has 24 rings (SSSR count). The molecule has 2 heterocycles. The van der Waals surface area contributed by atoms with E-state index in [4.69, 9.17) is 8.83 Å². The zero-order valence-electron chi connectivity index (χ0n) is 72.8. The highest BCUT2D eigenvalue weighted by atomic mass is 16.3. The molecule has 2 nitrogen and oxygen atoms in total. The van der Waals surface area contributed by atoms with Crippen LogP contribution in [-0.2, 0) is 5.41 Å². The van der Waals surface area contributed by atoms with Gasteiger partial charge in [0.15, 0.2) is 0 Å². The largest absolute Gasteiger partial charge is 0.456 e. The van der Waals surface area contributed by atoms with E-state index in [9.17, 15) is 0 Å². The molecular weight excluding hydrogens is 1580 g/mol. The average Bonchev–Trinajstić information content (AvgIpc) is 1.57. The van der Waals surface area contributed by atoms with Crippen LogP contribution in [-0.4, -0.2) is 0 Å². The van der Waals surface area contributed by atoms with Crippen molar-refractivity contribution in [2.24, 2.45) is 0 Å². The molecule has 0 radical (unpaired) electrons. The van der Waals surface area contributed by atoms with Crippen LogP contribution in [0.3, 0.4) is 0 Å². The molecule has 131 heavy (non-hydrogen) atoms. The van der Waals surface area contributed by atoms with E-state index in [1.54, 1.807) is 0 Å². The van der Waals surface area contributed by atoms with Crippen LogP contribution in [0.15, 0.2) is 506 Å². The van der Waals surface area contributed by atoms with E-state index in [1.807, 2.05) is 24.3 Å². The van der Waals surface area contributed by atoms with Crippen LogP contribution in [0.25, 0.3) is 188 Å². The highest BCUT2D eigenvalue weighted by Crippen LogP contribution is 2.52. The molecule has 2 aromatic heterocycles. The Kier molecular flexibility index (Phi) is 20.5. The highest BCUT2D eigenvalue weighted by Gasteiger charge is 2.37. The summed E-state index contributed by atoms with van der Waals surface area (Å²) in [6, 6.07) is 182. The van der Waals surface area contributed by atoms with E-state index in [1.165, 1.54) is 189 Å². The summed E-state index contributed by atoms with van der Waals surface area (Å²) in [5.74, 6) is 0.0444. The van der Waals surface area contributed by atoms with Crippen LogP contribution in [0.1, 0.15) is 70.2 Å². The smallest absolute Gasteiger partial charge is 0.135 e. The fourth-order valence-electron chi connectivity index (χ4n) is 20.0. The summed E-state index contributed by atoms with van der Waals surface area (Å²) in [6.07, 6.45) is 0. The SMILES string of the molecule is CC1(C)c2cc(-c3ccc4ccccc4c3)ccc2-c2ccc(C(c3ccc(-c4ccc(-c5ccccc5)cc4)cc3)c3cccc(-c4ccc(-c5ccc6oc7ccccc7c6c5)cc4)c3)cc21.c1ccc(-c2ccc(-c3ccc(C(c4ccc(-c5ccc(-c6ccccc6)cc5)cc4)c4cccc(-c5ccc(-c6ccc7oc8ccccc8c7c6)cc5)c4)cc3)cc2)cc1. The Morgan fingerprint density at radius 3 is 0.794 bits per heavy atom. The van der Waals surface area contributed by atoms with Crippen LogP contribution in [0.5, 0.6) is 0 Å². The lowest BCUT2D eigenvalue weighted by atomic mass is 9.78. The quantitative estimate of drug-likeness (QED) is 0.0850. The van der Waals surface area contributed by atoms with Gasteiger partial charge in [0.05, 0.1) is 0 Å². The third-order valence-electron chi connectivity index (χ3n) is 27.1. The third kappa shape index (κ3) is 15.5. The number of hydrogen-bond donors (Lipinski definition) is 0. The van der Waals surface area contributed by atoms with Crippen molar-refractivity contribution in [2.45, 2.75) is 31.1 Å². The molecule has 1 atom stereocenters. The summed E-state index contributed by atoms with van der Waals surface area (Å²) in [5.41, 5.74) is 43.1. The third-order valence-corrected chi connectivity index (χ3v) is 27.1. The van der Waals surface area contributed by atoms with E-state index in [-0.39, 0.29) is 17.3 Å². The fraction of sp³-hybridized carbons (Fsp3) is 0.0388. The second-order valence-electron chi connectivity index (χ2n) is 35.3. The first-order valence-corrected chi connectivity index (χ1v) is 45.4. The maximum Gasteiger partial charge on any atom is 0.135 e. The monoisotopic (exact) mass is 1670 g/mol. The maximum absolute atomic E-state index is 6.14. The van der Waals surface area contributed by atoms with Crippen molar-refractivity contribution >= 4 is 54.6 Å². The van der Waals surface area contributed by atoms with Gasteiger partial charge in [0.1, 0.15) is 22.3 Å². The summed E-state index contributed by atoms with van der Waals surface area (Å²) in [6.45, 7) is 4.80. The molecule has 0 N–H and O–H groups in total. The number of benzene rings is 21. The molecule has 23 aromatic rings. The summed E-state index contributed by atoms with van der Waals surface area (Å²) >= 11 is 0. The van der Waals surface area contributed by atoms with Crippen LogP contribution in [0.2, 0.25) is 0 Å². The Balaban J connectivity index is 0.000000150. The zero-order chi connectivity index (χ0) is 87.3. The van der Waals surface area contributed by atoms with Gasteiger partial charge in [-0.2, -0.15) is 0 Å². The summed E-state index contributed by atoms with van der Waals surface area (Å²) in [7, 11) is 0. The predicted molar refractivity (Wildman–Crippen MR) is 550 cm³/mol. The van der Waals surface area contributed by atoms with Gasteiger partial charge < -0.3 is 8.83 Å². The molecule has 1 aliphatic carbocycles. The second kappa shape index (κ2) is 34.0. The Hall–Kier alpha value is -16.5. The summed E-state index contributed by atoms with van der Waals surface area (Å²) in [5, 5.41) is 7.11. The van der Waals surface area contributed by atoms with Crippen LogP contribution in [0, 0.1) is 0 Å². The minimum Gasteiger partial charge on any atom is -0.456 e. The van der Waals surface area contributed by atoms with Crippen molar-refractivity contribution in [1.29, 1.82) is 0 Å². The van der Waals surface area contributed by atoms with Gasteiger partial charge in [0.2, 0.25) is 0 Å². The number of furan rings is 2. The molecule has 2 heteroatoms. The van der Waals surface area contributed by atoms with Crippen molar-refractivity contribution in [1.82, 2.24) is 0 Å². The number of fused-ring (bicyclic) bond motifs is 10. The molecule has 0 aliphatic heterocycles. The molecule has 1 unspecified atom stereocenters. The van der Waals surface area contributed by atoms with Gasteiger partial charge in [-0.05, 0) is 237 Å². The van der Waals surface area contributed by atoms with Crippen LogP contribution in [0.4, 0.5) is 0 Å². The Bertz CT molecular complexity index is 8000. The van der Waals surface area contributed by atoms with Crippen molar-refractivity contribution in [3.8, 4) is 134 Å². The highest BCUT2D eigenvalue weighted by molar-refractivity contribution is 6.08. The molecule has 21 aromatic carbocycles. The minimum absolute atomic E-state index is 0.00760. The molecule has 618 valence electrons. The zero-order valence-corrected chi connectivity index (χ0v) is 72.8. The predicted octanol–water partition coefficient (Wildman–Crippen LogP) is 35.3. The van der Waals surface area contributed by atoms with Crippen molar-refractivity contribution in [2.75, 3.05) is 0 Å². The topological polar surface area (TPSA) is 26.3 Å². The molecule has 0 amide bonds. The first-order chi connectivity index (χ1) is 64.6. The first kappa shape index (κ1) is 79.1. The molecule has 0 bridgehead atoms. The molecule has 0 fully saturated rings. The first-order valence-electron chi connectivity index (χ1n) is 45.4. The van der Waals surface area contributed by atoms with Crippen molar-refractivity contribution < 1.29 is 8.83 Å². The van der Waals surface area contributed by atoms with E-state index in [0.717, 1.165) is 43.9 Å².